The summed E-state index contributed by atoms with van der Waals surface area (Å²) in [5, 5.41) is 3.08. The zero-order valence-corrected chi connectivity index (χ0v) is 15.9. The molecule has 0 unspecified atom stereocenters. The molecule has 3 aromatic rings. The summed E-state index contributed by atoms with van der Waals surface area (Å²) in [4.78, 5) is 32.3. The quantitative estimate of drug-likeness (QED) is 0.725. The molecule has 2 aromatic heterocycles. The molecule has 2 aliphatic rings. The van der Waals surface area contributed by atoms with E-state index in [1.807, 2.05) is 18.3 Å². The summed E-state index contributed by atoms with van der Waals surface area (Å²) in [6.07, 6.45) is 11.4. The number of anilines is 1. The molecule has 4 heterocycles. The van der Waals surface area contributed by atoms with E-state index in [9.17, 15) is 4.79 Å². The van der Waals surface area contributed by atoms with Crippen LogP contribution in [-0.2, 0) is 17.8 Å². The number of nitrogens with one attached hydrogen (secondary N) is 1. The van der Waals surface area contributed by atoms with E-state index in [0.29, 0.717) is 12.5 Å². The maximum absolute atomic E-state index is 12.9. The summed E-state index contributed by atoms with van der Waals surface area (Å²) < 4.78 is 1.75. The Kier molecular flexibility index (Phi) is 4.51. The third-order valence-electron chi connectivity index (χ3n) is 5.37. The van der Waals surface area contributed by atoms with E-state index in [-0.39, 0.29) is 11.9 Å². The molecule has 1 saturated heterocycles. The zero-order chi connectivity index (χ0) is 19.6. The molecule has 8 heteroatoms. The van der Waals surface area contributed by atoms with Gasteiger partial charge in [0.05, 0.1) is 5.69 Å². The molecule has 1 amide bonds. The summed E-state index contributed by atoms with van der Waals surface area (Å²) in [5.41, 5.74) is 3.30. The minimum atomic E-state index is -0.229. The van der Waals surface area contributed by atoms with Crippen molar-refractivity contribution in [3.63, 3.8) is 0 Å². The van der Waals surface area contributed by atoms with Gasteiger partial charge in [-0.05, 0) is 36.1 Å². The van der Waals surface area contributed by atoms with Crippen LogP contribution in [0, 0.1) is 0 Å². The highest BCUT2D eigenvalue weighted by Crippen LogP contribution is 2.26. The van der Waals surface area contributed by atoms with Gasteiger partial charge in [-0.3, -0.25) is 14.4 Å². The first-order valence-corrected chi connectivity index (χ1v) is 9.78. The van der Waals surface area contributed by atoms with Crippen LogP contribution >= 0.6 is 0 Å². The molecule has 29 heavy (non-hydrogen) atoms. The standard InChI is InChI=1S/C21H21N7O/c29-20(25-13-15-3-4-16-5-7-23-17(16)12-15)18-2-1-10-28(18)19-6-8-24-21(26-19)27-11-9-22-14-27/h3-4,6-9,11-12,14,18H,1-2,5,10,13H2,(H,25,29)/t18-/m1/s1. The van der Waals surface area contributed by atoms with Gasteiger partial charge >= 0.3 is 0 Å². The molecule has 1 aromatic carbocycles. The minimum Gasteiger partial charge on any atom is -0.350 e. The van der Waals surface area contributed by atoms with Crippen molar-refractivity contribution in [1.29, 1.82) is 0 Å². The van der Waals surface area contributed by atoms with Crippen molar-refractivity contribution in [1.82, 2.24) is 24.8 Å². The fraction of sp³-hybridized carbons (Fsp3) is 0.286. The summed E-state index contributed by atoms with van der Waals surface area (Å²) in [5.74, 6) is 1.33. The Hall–Kier alpha value is -3.55. The minimum absolute atomic E-state index is 0.0225. The number of nitrogens with zero attached hydrogens (tertiary/aromatic N) is 6. The number of hydrogen-bond acceptors (Lipinski definition) is 6. The number of fused-ring (bicyclic) bond motifs is 1. The number of carbonyl (C=O) groups excluding carboxylic acids is 1. The molecule has 8 nitrogen and oxygen atoms in total. The molecule has 146 valence electrons. The number of aliphatic imine (C=N–C) groups is 1. The fourth-order valence-corrected chi connectivity index (χ4v) is 3.88. The second-order valence-electron chi connectivity index (χ2n) is 7.23. The van der Waals surface area contributed by atoms with Crippen molar-refractivity contribution < 1.29 is 4.79 Å². The average Bonchev–Trinajstić information content (AvgIpc) is 3.53. The topological polar surface area (TPSA) is 88.3 Å². The normalized spacial score (nSPS) is 17.5. The smallest absolute Gasteiger partial charge is 0.243 e. The largest absolute Gasteiger partial charge is 0.350 e. The maximum Gasteiger partial charge on any atom is 0.243 e. The van der Waals surface area contributed by atoms with Crippen molar-refractivity contribution in [3.8, 4) is 5.95 Å². The van der Waals surface area contributed by atoms with Gasteiger partial charge in [0.1, 0.15) is 18.2 Å². The lowest BCUT2D eigenvalue weighted by atomic mass is 10.1. The van der Waals surface area contributed by atoms with Gasteiger partial charge < -0.3 is 10.2 Å². The Morgan fingerprint density at radius 2 is 2.21 bits per heavy atom. The Labute approximate surface area is 168 Å². The van der Waals surface area contributed by atoms with Crippen LogP contribution in [-0.4, -0.2) is 44.2 Å². The molecule has 1 fully saturated rings. The Morgan fingerprint density at radius 1 is 1.24 bits per heavy atom. The van der Waals surface area contributed by atoms with Crippen LogP contribution in [0.5, 0.6) is 0 Å². The lowest BCUT2D eigenvalue weighted by Gasteiger charge is -2.25. The SMILES string of the molecule is O=C(NCc1ccc2c(c1)N=CC2)[C@H]1CCCN1c1ccnc(-n2ccnc2)n1. The molecule has 0 aliphatic carbocycles. The molecular weight excluding hydrogens is 366 g/mol. The van der Waals surface area contributed by atoms with Gasteiger partial charge in [-0.1, -0.05) is 12.1 Å². The molecule has 1 N–H and O–H groups in total. The van der Waals surface area contributed by atoms with E-state index in [0.717, 1.165) is 42.9 Å². The van der Waals surface area contributed by atoms with Crippen LogP contribution in [0.15, 0.2) is 54.2 Å². The molecule has 0 bridgehead atoms. The van der Waals surface area contributed by atoms with Gasteiger partial charge in [-0.15, -0.1) is 0 Å². The van der Waals surface area contributed by atoms with Crippen LogP contribution in [0.4, 0.5) is 11.5 Å². The van der Waals surface area contributed by atoms with Gasteiger partial charge in [-0.2, -0.15) is 4.98 Å². The van der Waals surface area contributed by atoms with Crippen molar-refractivity contribution in [2.45, 2.75) is 31.8 Å². The van der Waals surface area contributed by atoms with Crippen LogP contribution in [0.2, 0.25) is 0 Å². The second-order valence-corrected chi connectivity index (χ2v) is 7.23. The van der Waals surface area contributed by atoms with Gasteiger partial charge in [0, 0.05) is 44.3 Å². The highest BCUT2D eigenvalue weighted by Gasteiger charge is 2.31. The van der Waals surface area contributed by atoms with Crippen molar-refractivity contribution in [2.24, 2.45) is 4.99 Å². The van der Waals surface area contributed by atoms with Gasteiger partial charge in [-0.25, -0.2) is 9.97 Å². The number of aromatic nitrogens is 4. The molecule has 0 saturated carbocycles. The first-order valence-electron chi connectivity index (χ1n) is 9.78. The molecule has 2 aliphatic heterocycles. The lowest BCUT2D eigenvalue weighted by molar-refractivity contribution is -0.122. The maximum atomic E-state index is 12.9. The zero-order valence-electron chi connectivity index (χ0n) is 15.9. The van der Waals surface area contributed by atoms with Gasteiger partial charge in [0.2, 0.25) is 11.9 Å². The average molecular weight is 387 g/mol. The molecule has 0 radical (unpaired) electrons. The third-order valence-corrected chi connectivity index (χ3v) is 5.37. The van der Waals surface area contributed by atoms with Crippen LogP contribution in [0.25, 0.3) is 5.95 Å². The number of benzene rings is 1. The fourth-order valence-electron chi connectivity index (χ4n) is 3.88. The molecular formula is C21H21N7O. The number of carbonyl (C=O) groups is 1. The van der Waals surface area contributed by atoms with Gasteiger partial charge in [0.25, 0.3) is 0 Å². The Morgan fingerprint density at radius 3 is 3.10 bits per heavy atom. The summed E-state index contributed by atoms with van der Waals surface area (Å²) in [6, 6.07) is 7.82. The first-order chi connectivity index (χ1) is 14.3. The van der Waals surface area contributed by atoms with Crippen molar-refractivity contribution in [3.05, 3.63) is 60.3 Å². The number of hydrogen-bond donors (Lipinski definition) is 1. The van der Waals surface area contributed by atoms with Crippen LogP contribution in [0.3, 0.4) is 0 Å². The molecule has 1 atom stereocenters. The van der Waals surface area contributed by atoms with Crippen molar-refractivity contribution in [2.75, 3.05) is 11.4 Å². The number of amides is 1. The second kappa shape index (κ2) is 7.46. The molecule has 0 spiro atoms. The van der Waals surface area contributed by atoms with Crippen LogP contribution < -0.4 is 10.2 Å². The predicted octanol–water partition coefficient (Wildman–Crippen LogP) is 2.21. The third kappa shape index (κ3) is 3.49. The van der Waals surface area contributed by atoms with E-state index in [1.165, 1.54) is 5.56 Å². The van der Waals surface area contributed by atoms with E-state index in [2.05, 4.69) is 42.3 Å². The highest BCUT2D eigenvalue weighted by atomic mass is 16.2. The molecule has 5 rings (SSSR count). The van der Waals surface area contributed by atoms with Gasteiger partial charge in [0.15, 0.2) is 0 Å². The Bertz CT molecular complexity index is 1060. The highest BCUT2D eigenvalue weighted by molar-refractivity contribution is 5.85. The lowest BCUT2D eigenvalue weighted by Crippen LogP contribution is -2.43. The van der Waals surface area contributed by atoms with E-state index in [4.69, 9.17) is 0 Å². The summed E-state index contributed by atoms with van der Waals surface area (Å²) >= 11 is 0. The van der Waals surface area contributed by atoms with E-state index >= 15 is 0 Å². The number of rotatable bonds is 5. The summed E-state index contributed by atoms with van der Waals surface area (Å²) in [7, 11) is 0. The van der Waals surface area contributed by atoms with Crippen molar-refractivity contribution >= 4 is 23.6 Å². The van der Waals surface area contributed by atoms with E-state index in [1.54, 1.807) is 29.5 Å². The van der Waals surface area contributed by atoms with Crippen LogP contribution in [0.1, 0.15) is 24.0 Å². The monoisotopic (exact) mass is 387 g/mol. The summed E-state index contributed by atoms with van der Waals surface area (Å²) in [6.45, 7) is 1.29. The first kappa shape index (κ1) is 17.5. The number of imidazole rings is 1. The van der Waals surface area contributed by atoms with E-state index < -0.39 is 0 Å². The predicted molar refractivity (Wildman–Crippen MR) is 110 cm³/mol. The Balaban J connectivity index is 1.28.